The molecule has 1 aromatic rings. The van der Waals surface area contributed by atoms with Crippen LogP contribution >= 0.6 is 24.0 Å². The monoisotopic (exact) mass is 336 g/mol. The zero-order valence-electron chi connectivity index (χ0n) is 12.2. The van der Waals surface area contributed by atoms with Crippen molar-refractivity contribution in [1.82, 2.24) is 9.88 Å². The van der Waals surface area contributed by atoms with Crippen molar-refractivity contribution in [3.05, 3.63) is 35.0 Å². The van der Waals surface area contributed by atoms with E-state index in [4.69, 9.17) is 17.0 Å². The van der Waals surface area contributed by atoms with Crippen molar-refractivity contribution >= 4 is 46.3 Å². The van der Waals surface area contributed by atoms with Crippen molar-refractivity contribution in [2.24, 2.45) is 0 Å². The molecule has 0 spiro atoms. The first-order valence-corrected chi connectivity index (χ1v) is 8.15. The van der Waals surface area contributed by atoms with Gasteiger partial charge in [0.15, 0.2) is 0 Å². The SMILES string of the molecule is CCCCOC(=O)CN1C(=O)/C(=C/c2cccnc2)SC1=S. The fourth-order valence-electron chi connectivity index (χ4n) is 1.75. The maximum Gasteiger partial charge on any atom is 0.326 e. The number of hydrogen-bond donors (Lipinski definition) is 0. The number of carbonyl (C=O) groups is 2. The molecule has 0 radical (unpaired) electrons. The average molecular weight is 336 g/mol. The molecule has 0 saturated carbocycles. The Labute approximate surface area is 138 Å². The lowest BCUT2D eigenvalue weighted by Crippen LogP contribution is -2.34. The first-order valence-electron chi connectivity index (χ1n) is 6.93. The second-order valence-corrected chi connectivity index (χ2v) is 6.30. The summed E-state index contributed by atoms with van der Waals surface area (Å²) in [6.45, 7) is 2.24. The van der Waals surface area contributed by atoms with Crippen LogP contribution in [-0.4, -0.2) is 39.2 Å². The van der Waals surface area contributed by atoms with Gasteiger partial charge in [-0.05, 0) is 24.1 Å². The van der Waals surface area contributed by atoms with Crippen LogP contribution in [-0.2, 0) is 14.3 Å². The van der Waals surface area contributed by atoms with E-state index >= 15 is 0 Å². The summed E-state index contributed by atoms with van der Waals surface area (Å²) in [6, 6.07) is 3.64. The van der Waals surface area contributed by atoms with Crippen LogP contribution in [0.3, 0.4) is 0 Å². The van der Waals surface area contributed by atoms with Crippen molar-refractivity contribution in [3.63, 3.8) is 0 Å². The van der Waals surface area contributed by atoms with Crippen molar-refractivity contribution in [2.75, 3.05) is 13.2 Å². The molecule has 2 rings (SSSR count). The van der Waals surface area contributed by atoms with Gasteiger partial charge in [-0.3, -0.25) is 19.5 Å². The smallest absolute Gasteiger partial charge is 0.326 e. The molecular formula is C15H16N2O3S2. The molecule has 1 aliphatic heterocycles. The largest absolute Gasteiger partial charge is 0.464 e. The Morgan fingerprint density at radius 1 is 1.55 bits per heavy atom. The molecule has 116 valence electrons. The summed E-state index contributed by atoms with van der Waals surface area (Å²) in [5.41, 5.74) is 0.813. The van der Waals surface area contributed by atoms with Crippen LogP contribution in [0.1, 0.15) is 25.3 Å². The summed E-state index contributed by atoms with van der Waals surface area (Å²) in [6.07, 6.45) is 6.79. The Bertz CT molecular complexity index is 602. The van der Waals surface area contributed by atoms with E-state index in [0.29, 0.717) is 15.8 Å². The third-order valence-electron chi connectivity index (χ3n) is 2.90. The number of thioether (sulfide) groups is 1. The molecule has 7 heteroatoms. The molecule has 0 atom stereocenters. The van der Waals surface area contributed by atoms with Gasteiger partial charge in [0.25, 0.3) is 5.91 Å². The quantitative estimate of drug-likeness (QED) is 0.344. The Morgan fingerprint density at radius 3 is 3.05 bits per heavy atom. The van der Waals surface area contributed by atoms with E-state index in [9.17, 15) is 9.59 Å². The van der Waals surface area contributed by atoms with Gasteiger partial charge in [-0.1, -0.05) is 43.4 Å². The molecule has 0 unspecified atom stereocenters. The number of amides is 1. The minimum absolute atomic E-state index is 0.140. The number of esters is 1. The third-order valence-corrected chi connectivity index (χ3v) is 4.28. The molecule has 5 nitrogen and oxygen atoms in total. The highest BCUT2D eigenvalue weighted by atomic mass is 32.2. The Balaban J connectivity index is 2.00. The first-order chi connectivity index (χ1) is 10.6. The van der Waals surface area contributed by atoms with E-state index in [1.165, 1.54) is 16.7 Å². The Kier molecular flexibility index (Phi) is 6.09. The van der Waals surface area contributed by atoms with Gasteiger partial charge in [-0.15, -0.1) is 0 Å². The number of carbonyl (C=O) groups excluding carboxylic acids is 2. The molecule has 0 bridgehead atoms. The normalized spacial score (nSPS) is 16.4. The number of pyridine rings is 1. The van der Waals surface area contributed by atoms with Crippen LogP contribution in [0.25, 0.3) is 6.08 Å². The van der Waals surface area contributed by atoms with E-state index in [2.05, 4.69) is 4.98 Å². The van der Waals surface area contributed by atoms with E-state index < -0.39 is 5.97 Å². The number of unbranched alkanes of at least 4 members (excludes halogenated alkanes) is 1. The predicted octanol–water partition coefficient (Wildman–Crippen LogP) is 2.63. The minimum Gasteiger partial charge on any atom is -0.464 e. The molecule has 0 N–H and O–H groups in total. The number of nitrogens with zero attached hydrogens (tertiary/aromatic N) is 2. The Hall–Kier alpha value is -1.73. The van der Waals surface area contributed by atoms with Crippen LogP contribution < -0.4 is 0 Å². The van der Waals surface area contributed by atoms with Crippen molar-refractivity contribution in [2.45, 2.75) is 19.8 Å². The molecule has 1 fully saturated rings. The summed E-state index contributed by atoms with van der Waals surface area (Å²) >= 11 is 6.35. The second kappa shape index (κ2) is 8.05. The van der Waals surface area contributed by atoms with Crippen molar-refractivity contribution in [3.8, 4) is 0 Å². The summed E-state index contributed by atoms with van der Waals surface area (Å²) in [7, 11) is 0. The van der Waals surface area contributed by atoms with Gasteiger partial charge in [-0.2, -0.15) is 0 Å². The number of ether oxygens (including phenoxy) is 1. The average Bonchev–Trinajstić information content (AvgIpc) is 2.76. The molecule has 1 saturated heterocycles. The molecule has 1 amide bonds. The fourth-order valence-corrected chi connectivity index (χ4v) is 3.01. The van der Waals surface area contributed by atoms with Crippen LogP contribution in [0.15, 0.2) is 29.4 Å². The number of aromatic nitrogens is 1. The lowest BCUT2D eigenvalue weighted by molar-refractivity contribution is -0.146. The fraction of sp³-hybridized carbons (Fsp3) is 0.333. The molecule has 22 heavy (non-hydrogen) atoms. The lowest BCUT2D eigenvalue weighted by Gasteiger charge is -2.13. The maximum atomic E-state index is 12.3. The van der Waals surface area contributed by atoms with Crippen LogP contribution in [0.5, 0.6) is 0 Å². The molecule has 1 aliphatic rings. The van der Waals surface area contributed by atoms with E-state index in [1.807, 2.05) is 13.0 Å². The maximum absolute atomic E-state index is 12.3. The van der Waals surface area contributed by atoms with E-state index in [0.717, 1.165) is 18.4 Å². The molecule has 2 heterocycles. The van der Waals surface area contributed by atoms with Gasteiger partial charge >= 0.3 is 5.97 Å². The van der Waals surface area contributed by atoms with Gasteiger partial charge in [0.2, 0.25) is 0 Å². The van der Waals surface area contributed by atoms with Gasteiger partial charge in [0, 0.05) is 12.4 Å². The molecule has 0 aromatic carbocycles. The first kappa shape index (κ1) is 16.6. The number of thiocarbonyl (C=S) groups is 1. The highest BCUT2D eigenvalue weighted by Crippen LogP contribution is 2.32. The van der Waals surface area contributed by atoms with E-state index in [1.54, 1.807) is 24.5 Å². The number of rotatable bonds is 6. The van der Waals surface area contributed by atoms with Crippen LogP contribution in [0, 0.1) is 0 Å². The van der Waals surface area contributed by atoms with Gasteiger partial charge < -0.3 is 4.74 Å². The standard InChI is InChI=1S/C15H16N2O3S2/c1-2-3-7-20-13(18)10-17-14(19)12(22-15(17)21)8-11-5-4-6-16-9-11/h4-6,8-9H,2-3,7,10H2,1H3/b12-8-. The van der Waals surface area contributed by atoms with Crippen molar-refractivity contribution in [1.29, 1.82) is 0 Å². The highest BCUT2D eigenvalue weighted by molar-refractivity contribution is 8.26. The van der Waals surface area contributed by atoms with Crippen molar-refractivity contribution < 1.29 is 14.3 Å². The molecule has 0 aliphatic carbocycles. The number of hydrogen-bond acceptors (Lipinski definition) is 6. The summed E-state index contributed by atoms with van der Waals surface area (Å²) in [4.78, 5) is 29.8. The zero-order chi connectivity index (χ0) is 15.9. The minimum atomic E-state index is -0.438. The summed E-state index contributed by atoms with van der Waals surface area (Å²) < 4.78 is 5.43. The molecular weight excluding hydrogens is 320 g/mol. The molecule has 1 aromatic heterocycles. The highest BCUT2D eigenvalue weighted by Gasteiger charge is 2.33. The summed E-state index contributed by atoms with van der Waals surface area (Å²) in [5.74, 6) is -0.710. The van der Waals surface area contributed by atoms with Crippen LogP contribution in [0.4, 0.5) is 0 Å². The van der Waals surface area contributed by atoms with Gasteiger partial charge in [0.05, 0.1) is 11.5 Å². The zero-order valence-corrected chi connectivity index (χ0v) is 13.8. The lowest BCUT2D eigenvalue weighted by atomic mass is 10.2. The summed E-state index contributed by atoms with van der Waals surface area (Å²) in [5, 5.41) is 0. The van der Waals surface area contributed by atoms with E-state index in [-0.39, 0.29) is 12.5 Å². The van der Waals surface area contributed by atoms with Crippen LogP contribution in [0.2, 0.25) is 0 Å². The Morgan fingerprint density at radius 2 is 2.36 bits per heavy atom. The van der Waals surface area contributed by atoms with Gasteiger partial charge in [-0.25, -0.2) is 0 Å². The predicted molar refractivity (Wildman–Crippen MR) is 90.0 cm³/mol. The third kappa shape index (κ3) is 4.38. The second-order valence-electron chi connectivity index (χ2n) is 4.63. The topological polar surface area (TPSA) is 59.5 Å². The van der Waals surface area contributed by atoms with Gasteiger partial charge in [0.1, 0.15) is 10.9 Å².